The molecule has 0 unspecified atom stereocenters. The van der Waals surface area contributed by atoms with Gasteiger partial charge in [-0.05, 0) is 37.5 Å². The number of aromatic amines is 1. The van der Waals surface area contributed by atoms with Crippen molar-refractivity contribution >= 4 is 17.3 Å². The van der Waals surface area contributed by atoms with Crippen LogP contribution in [0.15, 0.2) is 35.3 Å². The first-order valence-electron chi connectivity index (χ1n) is 8.32. The molecule has 2 aromatic rings. The van der Waals surface area contributed by atoms with Crippen LogP contribution in [-0.4, -0.2) is 36.3 Å². The summed E-state index contributed by atoms with van der Waals surface area (Å²) in [5, 5.41) is 9.18. The van der Waals surface area contributed by atoms with Gasteiger partial charge in [-0.2, -0.15) is 5.10 Å². The quantitative estimate of drug-likeness (QED) is 0.887. The van der Waals surface area contributed by atoms with Crippen LogP contribution < -0.4 is 20.5 Å². The molecule has 0 radical (unpaired) electrons. The number of nitrogens with zero attached hydrogens (tertiary/aromatic N) is 2. The minimum absolute atomic E-state index is 0.0357. The maximum Gasteiger partial charge on any atom is 0.266 e. The Balaban J connectivity index is 1.72. The maximum absolute atomic E-state index is 12.7. The van der Waals surface area contributed by atoms with Gasteiger partial charge in [0.2, 0.25) is 5.91 Å². The summed E-state index contributed by atoms with van der Waals surface area (Å²) < 4.78 is 5.32. The summed E-state index contributed by atoms with van der Waals surface area (Å²) in [5.74, 6) is 0.454. The van der Waals surface area contributed by atoms with Crippen LogP contribution >= 0.6 is 0 Å². The van der Waals surface area contributed by atoms with Crippen molar-refractivity contribution in [3.8, 4) is 5.75 Å². The number of aryl methyl sites for hydroxylation is 1. The van der Waals surface area contributed by atoms with E-state index in [0.717, 1.165) is 30.6 Å². The van der Waals surface area contributed by atoms with Gasteiger partial charge in [0.25, 0.3) is 5.56 Å². The Morgan fingerprint density at radius 2 is 2.24 bits per heavy atom. The third-order valence-corrected chi connectivity index (χ3v) is 4.42. The number of carbonyl (C=O) groups excluding carboxylic acids is 1. The molecule has 132 valence electrons. The molecular formula is C18H22N4O3. The molecule has 0 saturated carbocycles. The lowest BCUT2D eigenvalue weighted by Gasteiger charge is -2.33. The van der Waals surface area contributed by atoms with Crippen molar-refractivity contribution in [3.05, 3.63) is 46.4 Å². The van der Waals surface area contributed by atoms with E-state index in [9.17, 15) is 9.59 Å². The van der Waals surface area contributed by atoms with Crippen molar-refractivity contribution in [2.24, 2.45) is 5.92 Å². The fraction of sp³-hybridized carbons (Fsp3) is 0.389. The smallest absolute Gasteiger partial charge is 0.266 e. The van der Waals surface area contributed by atoms with Crippen molar-refractivity contribution in [1.82, 2.24) is 10.2 Å². The van der Waals surface area contributed by atoms with Crippen LogP contribution in [0.2, 0.25) is 0 Å². The zero-order valence-electron chi connectivity index (χ0n) is 14.4. The summed E-state index contributed by atoms with van der Waals surface area (Å²) in [6.07, 6.45) is 3.31. The number of amides is 1. The van der Waals surface area contributed by atoms with Crippen molar-refractivity contribution in [2.45, 2.75) is 19.8 Å². The summed E-state index contributed by atoms with van der Waals surface area (Å²) in [6, 6.07) is 7.20. The Morgan fingerprint density at radius 1 is 1.40 bits per heavy atom. The lowest BCUT2D eigenvalue weighted by Crippen LogP contribution is -2.41. The number of methoxy groups -OCH3 is 1. The van der Waals surface area contributed by atoms with Crippen molar-refractivity contribution in [1.29, 1.82) is 0 Å². The van der Waals surface area contributed by atoms with E-state index in [1.807, 2.05) is 30.0 Å². The topological polar surface area (TPSA) is 87.3 Å². The number of rotatable bonds is 4. The SMILES string of the molecule is COc1ccc(C)cc1NC(=O)[C@H]1CCCN(c2cn[nH]c(=O)c2)C1. The second kappa shape index (κ2) is 7.38. The van der Waals surface area contributed by atoms with Gasteiger partial charge in [-0.25, -0.2) is 5.10 Å². The fourth-order valence-electron chi connectivity index (χ4n) is 3.12. The number of H-pyrrole nitrogens is 1. The minimum Gasteiger partial charge on any atom is -0.495 e. The molecule has 0 aliphatic carbocycles. The van der Waals surface area contributed by atoms with Crippen LogP contribution in [0.5, 0.6) is 5.75 Å². The van der Waals surface area contributed by atoms with Crippen LogP contribution in [0.1, 0.15) is 18.4 Å². The van der Waals surface area contributed by atoms with Crippen molar-refractivity contribution < 1.29 is 9.53 Å². The Kier molecular flexibility index (Phi) is 5.02. The maximum atomic E-state index is 12.7. The van der Waals surface area contributed by atoms with Crippen LogP contribution in [0, 0.1) is 12.8 Å². The van der Waals surface area contributed by atoms with Crippen LogP contribution in [0.3, 0.4) is 0 Å². The number of aromatic nitrogens is 2. The molecule has 1 fully saturated rings. The zero-order valence-corrected chi connectivity index (χ0v) is 14.4. The average Bonchev–Trinajstić information content (AvgIpc) is 2.62. The number of ether oxygens (including phenoxy) is 1. The molecule has 0 bridgehead atoms. The van der Waals surface area contributed by atoms with E-state index >= 15 is 0 Å². The first-order valence-corrected chi connectivity index (χ1v) is 8.32. The number of nitrogens with one attached hydrogen (secondary N) is 2. The number of anilines is 2. The van der Waals surface area contributed by atoms with E-state index in [1.54, 1.807) is 13.3 Å². The molecule has 1 saturated heterocycles. The molecule has 2 N–H and O–H groups in total. The first-order chi connectivity index (χ1) is 12.1. The van der Waals surface area contributed by atoms with E-state index in [4.69, 9.17) is 4.74 Å². The van der Waals surface area contributed by atoms with E-state index in [1.165, 1.54) is 6.07 Å². The third-order valence-electron chi connectivity index (χ3n) is 4.42. The highest BCUT2D eigenvalue weighted by atomic mass is 16.5. The van der Waals surface area contributed by atoms with Gasteiger partial charge in [-0.15, -0.1) is 0 Å². The molecule has 25 heavy (non-hydrogen) atoms. The highest BCUT2D eigenvalue weighted by molar-refractivity contribution is 5.94. The summed E-state index contributed by atoms with van der Waals surface area (Å²) in [6.45, 7) is 3.34. The number of benzene rings is 1. The predicted molar refractivity (Wildman–Crippen MR) is 96.2 cm³/mol. The Bertz CT molecular complexity index is 818. The van der Waals surface area contributed by atoms with Gasteiger partial charge < -0.3 is 15.0 Å². The standard InChI is InChI=1S/C18H22N4O3/c1-12-5-6-16(25-2)15(8-12)20-18(24)13-4-3-7-22(11-13)14-9-17(23)21-19-10-14/h5-6,8-10,13H,3-4,7,11H2,1-2H3,(H,20,24)(H,21,23)/t13-/m0/s1. The second-order valence-corrected chi connectivity index (χ2v) is 6.28. The van der Waals surface area contributed by atoms with Gasteiger partial charge >= 0.3 is 0 Å². The Morgan fingerprint density at radius 3 is 3.00 bits per heavy atom. The Labute approximate surface area is 146 Å². The monoisotopic (exact) mass is 342 g/mol. The summed E-state index contributed by atoms with van der Waals surface area (Å²) in [7, 11) is 1.59. The van der Waals surface area contributed by atoms with Gasteiger partial charge in [0.15, 0.2) is 0 Å². The van der Waals surface area contributed by atoms with E-state index in [2.05, 4.69) is 15.5 Å². The zero-order chi connectivity index (χ0) is 17.8. The minimum atomic E-state index is -0.242. The number of piperidine rings is 1. The summed E-state index contributed by atoms with van der Waals surface area (Å²) in [5.41, 5.74) is 2.24. The highest BCUT2D eigenvalue weighted by Crippen LogP contribution is 2.27. The fourth-order valence-corrected chi connectivity index (χ4v) is 3.12. The molecule has 1 amide bonds. The van der Waals surface area contributed by atoms with E-state index in [0.29, 0.717) is 18.0 Å². The van der Waals surface area contributed by atoms with Gasteiger partial charge in [0.1, 0.15) is 5.75 Å². The number of hydrogen-bond donors (Lipinski definition) is 2. The van der Waals surface area contributed by atoms with Gasteiger partial charge in [-0.3, -0.25) is 9.59 Å². The molecule has 1 atom stereocenters. The summed E-state index contributed by atoms with van der Waals surface area (Å²) >= 11 is 0. The summed E-state index contributed by atoms with van der Waals surface area (Å²) in [4.78, 5) is 26.2. The molecule has 7 heteroatoms. The van der Waals surface area contributed by atoms with Gasteiger partial charge in [0, 0.05) is 19.2 Å². The molecule has 1 aromatic heterocycles. The molecule has 0 spiro atoms. The average molecular weight is 342 g/mol. The van der Waals surface area contributed by atoms with E-state index < -0.39 is 0 Å². The van der Waals surface area contributed by atoms with E-state index in [-0.39, 0.29) is 17.4 Å². The van der Waals surface area contributed by atoms with Gasteiger partial charge in [0.05, 0.1) is 30.6 Å². The molecule has 1 aromatic carbocycles. The first kappa shape index (κ1) is 17.0. The predicted octanol–water partition coefficient (Wildman–Crippen LogP) is 1.94. The van der Waals surface area contributed by atoms with Gasteiger partial charge in [-0.1, -0.05) is 6.07 Å². The molecule has 3 rings (SSSR count). The van der Waals surface area contributed by atoms with Crippen molar-refractivity contribution in [2.75, 3.05) is 30.4 Å². The third kappa shape index (κ3) is 3.99. The number of carbonyl (C=O) groups is 1. The highest BCUT2D eigenvalue weighted by Gasteiger charge is 2.27. The Hall–Kier alpha value is -2.83. The van der Waals surface area contributed by atoms with Crippen LogP contribution in [0.4, 0.5) is 11.4 Å². The molecule has 1 aliphatic rings. The van der Waals surface area contributed by atoms with Crippen LogP contribution in [-0.2, 0) is 4.79 Å². The largest absolute Gasteiger partial charge is 0.495 e. The number of hydrogen-bond acceptors (Lipinski definition) is 5. The lowest BCUT2D eigenvalue weighted by molar-refractivity contribution is -0.120. The normalized spacial score (nSPS) is 17.2. The molecule has 2 heterocycles. The van der Waals surface area contributed by atoms with Crippen LogP contribution in [0.25, 0.3) is 0 Å². The van der Waals surface area contributed by atoms with Crippen molar-refractivity contribution in [3.63, 3.8) is 0 Å². The lowest BCUT2D eigenvalue weighted by atomic mass is 9.96. The molecule has 1 aliphatic heterocycles. The molecule has 7 nitrogen and oxygen atoms in total. The molecular weight excluding hydrogens is 320 g/mol. The second-order valence-electron chi connectivity index (χ2n) is 6.28.